The summed E-state index contributed by atoms with van der Waals surface area (Å²) in [6, 6.07) is 0. The van der Waals surface area contributed by atoms with E-state index in [1.807, 2.05) is 0 Å². The molecule has 0 aromatic heterocycles. The molecule has 0 bridgehead atoms. The fraction of sp³-hybridized carbons (Fsp3) is 1.00. The van der Waals surface area contributed by atoms with Crippen molar-refractivity contribution >= 4 is 7.45 Å². The van der Waals surface area contributed by atoms with Crippen molar-refractivity contribution in [2.45, 2.75) is 19.3 Å². The third-order valence-electron chi connectivity index (χ3n) is 1.48. The summed E-state index contributed by atoms with van der Waals surface area (Å²) < 4.78 is 23.0. The second-order valence-corrected chi connectivity index (χ2v) is 4.77. The maximum Gasteiger partial charge on any atom is 0.244 e. The second kappa shape index (κ2) is 2.18. The standard InChI is InChI=1S/C5H10FOP/c6-8(7)4-2-1-3-5-8/h1-5H2. The van der Waals surface area contributed by atoms with Gasteiger partial charge in [-0.15, -0.1) is 0 Å². The lowest BCUT2D eigenvalue weighted by Crippen LogP contribution is -1.98. The highest BCUT2D eigenvalue weighted by molar-refractivity contribution is 7.58. The quantitative estimate of drug-likeness (QED) is 0.467. The van der Waals surface area contributed by atoms with Crippen LogP contribution in [0.5, 0.6) is 0 Å². The molecule has 48 valence electrons. The van der Waals surface area contributed by atoms with E-state index in [0.29, 0.717) is 12.3 Å². The zero-order valence-electron chi connectivity index (χ0n) is 4.77. The maximum atomic E-state index is 12.4. The lowest BCUT2D eigenvalue weighted by Gasteiger charge is -2.13. The van der Waals surface area contributed by atoms with Gasteiger partial charge in [0.2, 0.25) is 7.45 Å². The maximum absolute atomic E-state index is 12.4. The van der Waals surface area contributed by atoms with Crippen molar-refractivity contribution in [1.82, 2.24) is 0 Å². The SMILES string of the molecule is O=P1(F)CCCCC1. The summed E-state index contributed by atoms with van der Waals surface area (Å²) in [5.74, 6) is 0. The van der Waals surface area contributed by atoms with Gasteiger partial charge in [0.25, 0.3) is 0 Å². The predicted molar refractivity (Wildman–Crippen MR) is 32.3 cm³/mol. The molecule has 0 unspecified atom stereocenters. The van der Waals surface area contributed by atoms with Crippen molar-refractivity contribution < 1.29 is 8.76 Å². The van der Waals surface area contributed by atoms with Crippen molar-refractivity contribution in [3.05, 3.63) is 0 Å². The van der Waals surface area contributed by atoms with Gasteiger partial charge in [0.15, 0.2) is 0 Å². The highest BCUT2D eigenvalue weighted by Crippen LogP contribution is 2.51. The van der Waals surface area contributed by atoms with Crippen molar-refractivity contribution in [2.24, 2.45) is 0 Å². The predicted octanol–water partition coefficient (Wildman–Crippen LogP) is 2.42. The molecule has 0 aliphatic carbocycles. The molecule has 0 radical (unpaired) electrons. The second-order valence-electron chi connectivity index (χ2n) is 2.30. The first kappa shape index (κ1) is 6.28. The minimum absolute atomic E-state index is 0.340. The molecule has 0 spiro atoms. The Morgan fingerprint density at radius 2 is 1.62 bits per heavy atom. The molecule has 0 aromatic rings. The summed E-state index contributed by atoms with van der Waals surface area (Å²) in [4.78, 5) is 0. The molecule has 1 saturated heterocycles. The molecule has 3 heteroatoms. The molecule has 1 aliphatic heterocycles. The molecule has 0 atom stereocenters. The van der Waals surface area contributed by atoms with Gasteiger partial charge in [-0.3, -0.25) is 4.57 Å². The Morgan fingerprint density at radius 1 is 1.12 bits per heavy atom. The van der Waals surface area contributed by atoms with Crippen LogP contribution in [0, 0.1) is 0 Å². The lowest BCUT2D eigenvalue weighted by atomic mass is 10.3. The number of hydrogen-bond acceptors (Lipinski definition) is 1. The summed E-state index contributed by atoms with van der Waals surface area (Å²) >= 11 is 0. The Bertz CT molecular complexity index is 114. The van der Waals surface area contributed by atoms with Gasteiger partial charge in [-0.25, -0.2) is 0 Å². The van der Waals surface area contributed by atoms with Crippen LogP contribution in [0.3, 0.4) is 0 Å². The molecule has 0 N–H and O–H groups in total. The zero-order chi connectivity index (χ0) is 6.04. The average Bonchev–Trinajstić information content (AvgIpc) is 1.65. The van der Waals surface area contributed by atoms with Crippen LogP contribution >= 0.6 is 7.45 Å². The van der Waals surface area contributed by atoms with Gasteiger partial charge in [0.1, 0.15) is 0 Å². The third kappa shape index (κ3) is 1.59. The molecule has 1 fully saturated rings. The molecule has 1 nitrogen and oxygen atoms in total. The molecule has 0 amide bonds. The molecule has 0 aromatic carbocycles. The monoisotopic (exact) mass is 136 g/mol. The van der Waals surface area contributed by atoms with Gasteiger partial charge in [0.05, 0.1) is 0 Å². The van der Waals surface area contributed by atoms with Crippen molar-refractivity contribution in [3.8, 4) is 0 Å². The van der Waals surface area contributed by atoms with E-state index in [2.05, 4.69) is 0 Å². The Labute approximate surface area is 48.8 Å². The Hall–Kier alpha value is 0.160. The number of hydrogen-bond donors (Lipinski definition) is 0. The van der Waals surface area contributed by atoms with Gasteiger partial charge in [-0.05, 0) is 12.8 Å². The van der Waals surface area contributed by atoms with Gasteiger partial charge in [-0.2, -0.15) is 4.20 Å². The van der Waals surface area contributed by atoms with Gasteiger partial charge in [-0.1, -0.05) is 6.42 Å². The van der Waals surface area contributed by atoms with Crippen LogP contribution in [0.15, 0.2) is 0 Å². The van der Waals surface area contributed by atoms with E-state index >= 15 is 0 Å². The van der Waals surface area contributed by atoms with E-state index in [1.165, 1.54) is 0 Å². The van der Waals surface area contributed by atoms with E-state index in [9.17, 15) is 8.76 Å². The fourth-order valence-corrected chi connectivity index (χ4v) is 2.60. The van der Waals surface area contributed by atoms with E-state index in [1.54, 1.807) is 0 Å². The molecule has 1 aliphatic rings. The Balaban J connectivity index is 2.45. The molecule has 1 rings (SSSR count). The van der Waals surface area contributed by atoms with Crippen molar-refractivity contribution in [2.75, 3.05) is 12.3 Å². The average molecular weight is 136 g/mol. The van der Waals surface area contributed by atoms with E-state index in [0.717, 1.165) is 19.3 Å². The van der Waals surface area contributed by atoms with Gasteiger partial charge < -0.3 is 0 Å². The smallest absolute Gasteiger partial charge is 0.244 e. The summed E-state index contributed by atoms with van der Waals surface area (Å²) in [7, 11) is -3.09. The van der Waals surface area contributed by atoms with Crippen LogP contribution in [-0.2, 0) is 4.57 Å². The first-order valence-electron chi connectivity index (χ1n) is 2.98. The van der Waals surface area contributed by atoms with Crippen LogP contribution in [0.25, 0.3) is 0 Å². The van der Waals surface area contributed by atoms with E-state index in [4.69, 9.17) is 0 Å². The van der Waals surface area contributed by atoms with Crippen LogP contribution in [-0.4, -0.2) is 12.3 Å². The minimum atomic E-state index is -3.09. The zero-order valence-corrected chi connectivity index (χ0v) is 5.66. The summed E-state index contributed by atoms with van der Waals surface area (Å²) in [6.45, 7) is 0. The summed E-state index contributed by atoms with van der Waals surface area (Å²) in [5.41, 5.74) is 0. The van der Waals surface area contributed by atoms with E-state index in [-0.39, 0.29) is 0 Å². The first-order chi connectivity index (χ1) is 3.71. The fourth-order valence-electron chi connectivity index (χ4n) is 0.984. The molecule has 1 heterocycles. The summed E-state index contributed by atoms with van der Waals surface area (Å²) in [5, 5.41) is 0. The Morgan fingerprint density at radius 3 is 1.88 bits per heavy atom. The van der Waals surface area contributed by atoms with Crippen LogP contribution < -0.4 is 0 Å². The number of halogens is 1. The minimum Gasteiger partial charge on any atom is -0.288 e. The Kier molecular flexibility index (Phi) is 1.71. The highest BCUT2D eigenvalue weighted by atomic mass is 31.2. The van der Waals surface area contributed by atoms with Crippen molar-refractivity contribution in [3.63, 3.8) is 0 Å². The van der Waals surface area contributed by atoms with Crippen LogP contribution in [0.4, 0.5) is 4.20 Å². The third-order valence-corrected chi connectivity index (χ3v) is 3.45. The summed E-state index contributed by atoms with van der Waals surface area (Å²) in [6.07, 6.45) is 3.40. The van der Waals surface area contributed by atoms with Crippen molar-refractivity contribution in [1.29, 1.82) is 0 Å². The lowest BCUT2D eigenvalue weighted by molar-refractivity contribution is 0.523. The van der Waals surface area contributed by atoms with Gasteiger partial charge >= 0.3 is 0 Å². The van der Waals surface area contributed by atoms with E-state index < -0.39 is 7.45 Å². The molecular weight excluding hydrogens is 126 g/mol. The normalized spacial score (nSPS) is 27.6. The largest absolute Gasteiger partial charge is 0.288 e. The molecule has 8 heavy (non-hydrogen) atoms. The van der Waals surface area contributed by atoms with Crippen LogP contribution in [0.2, 0.25) is 0 Å². The van der Waals surface area contributed by atoms with Gasteiger partial charge in [0, 0.05) is 12.3 Å². The topological polar surface area (TPSA) is 17.1 Å². The highest BCUT2D eigenvalue weighted by Gasteiger charge is 2.22. The molecular formula is C5H10FOP. The van der Waals surface area contributed by atoms with Crippen LogP contribution in [0.1, 0.15) is 19.3 Å². The first-order valence-corrected chi connectivity index (χ1v) is 4.95. The number of rotatable bonds is 0. The molecule has 0 saturated carbocycles.